The zero-order chi connectivity index (χ0) is 21.6. The van der Waals surface area contributed by atoms with Crippen LogP contribution >= 0.6 is 22.7 Å². The maximum absolute atomic E-state index is 12.8. The minimum atomic E-state index is -0.162. The van der Waals surface area contributed by atoms with Crippen LogP contribution in [0.2, 0.25) is 0 Å². The predicted octanol–water partition coefficient (Wildman–Crippen LogP) is 4.94. The first-order chi connectivity index (χ1) is 15.2. The summed E-state index contributed by atoms with van der Waals surface area (Å²) in [7, 11) is 1.42. The van der Waals surface area contributed by atoms with Crippen molar-refractivity contribution in [3.05, 3.63) is 33.8 Å². The summed E-state index contributed by atoms with van der Waals surface area (Å²) in [6.07, 6.45) is 9.71. The summed E-state index contributed by atoms with van der Waals surface area (Å²) in [4.78, 5) is 35.4. The fourth-order valence-corrected chi connectivity index (χ4v) is 6.42. The van der Waals surface area contributed by atoms with E-state index >= 15 is 0 Å². The monoisotopic (exact) mass is 459 g/mol. The van der Waals surface area contributed by atoms with E-state index in [9.17, 15) is 9.59 Å². The van der Waals surface area contributed by atoms with E-state index in [2.05, 4.69) is 15.0 Å². The Kier molecular flexibility index (Phi) is 7.42. The SMILES string of the molecule is COC(=O)CCCCCCC(=O)Cc1sc2c(c1-c1nc3cnccc3s1)CCNC2.[HH]. The molecule has 0 saturated carbocycles. The Bertz CT molecular complexity index is 1050. The van der Waals surface area contributed by atoms with Gasteiger partial charge in [0.25, 0.3) is 0 Å². The molecule has 0 radical (unpaired) electrons. The van der Waals surface area contributed by atoms with E-state index < -0.39 is 0 Å². The first-order valence-corrected chi connectivity index (χ1v) is 12.4. The number of nitrogens with zero attached hydrogens (tertiary/aromatic N) is 2. The molecule has 0 unspecified atom stereocenters. The van der Waals surface area contributed by atoms with Gasteiger partial charge in [0.15, 0.2) is 0 Å². The summed E-state index contributed by atoms with van der Waals surface area (Å²) in [6.45, 7) is 1.83. The molecule has 0 aromatic carbocycles. The number of methoxy groups -OCH3 is 1. The van der Waals surface area contributed by atoms with Gasteiger partial charge in [-0.2, -0.15) is 0 Å². The maximum Gasteiger partial charge on any atom is 0.305 e. The number of nitrogens with one attached hydrogen (secondary N) is 1. The molecule has 4 rings (SSSR count). The molecule has 0 fully saturated rings. The molecule has 0 aliphatic carbocycles. The Morgan fingerprint density at radius 2 is 2.03 bits per heavy atom. The molecule has 0 amide bonds. The van der Waals surface area contributed by atoms with E-state index in [0.29, 0.717) is 19.3 Å². The molecule has 166 valence electrons. The van der Waals surface area contributed by atoms with E-state index in [-0.39, 0.29) is 13.2 Å². The second-order valence-electron chi connectivity index (χ2n) is 7.80. The molecule has 3 aromatic heterocycles. The van der Waals surface area contributed by atoms with Crippen LogP contribution in [0.15, 0.2) is 18.5 Å². The highest BCUT2D eigenvalue weighted by molar-refractivity contribution is 7.22. The molecule has 3 aromatic rings. The Morgan fingerprint density at radius 1 is 1.19 bits per heavy atom. The number of carbonyl (C=O) groups excluding carboxylic acids is 2. The molecule has 4 heterocycles. The Hall–Kier alpha value is -2.16. The van der Waals surface area contributed by atoms with Gasteiger partial charge in [0.1, 0.15) is 16.3 Å². The molecular formula is C23H29N3O3S2. The van der Waals surface area contributed by atoms with Crippen LogP contribution in [0.1, 0.15) is 55.3 Å². The maximum atomic E-state index is 12.8. The molecular weight excluding hydrogens is 430 g/mol. The number of thiophene rings is 1. The number of aromatic nitrogens is 2. The number of hydrogen-bond donors (Lipinski definition) is 1. The van der Waals surface area contributed by atoms with Gasteiger partial charge in [-0.05, 0) is 37.4 Å². The molecule has 0 saturated heterocycles. The van der Waals surface area contributed by atoms with Crippen LogP contribution < -0.4 is 5.32 Å². The van der Waals surface area contributed by atoms with Crippen LogP contribution in [0.4, 0.5) is 0 Å². The summed E-state index contributed by atoms with van der Waals surface area (Å²) >= 11 is 3.45. The number of thiazole rings is 1. The molecule has 1 aliphatic heterocycles. The molecule has 0 atom stereocenters. The highest BCUT2D eigenvalue weighted by atomic mass is 32.1. The number of Topliss-reactive ketones (excluding diaryl/α,β-unsaturated/α-hetero) is 1. The van der Waals surface area contributed by atoms with Gasteiger partial charge in [-0.15, -0.1) is 22.7 Å². The summed E-state index contributed by atoms with van der Waals surface area (Å²) in [5.41, 5.74) is 3.47. The van der Waals surface area contributed by atoms with Crippen LogP contribution in [0, 0.1) is 0 Å². The van der Waals surface area contributed by atoms with Crippen molar-refractivity contribution >= 4 is 44.6 Å². The topological polar surface area (TPSA) is 81.2 Å². The number of rotatable bonds is 10. The van der Waals surface area contributed by atoms with E-state index in [1.807, 2.05) is 6.07 Å². The summed E-state index contributed by atoms with van der Waals surface area (Å²) in [5, 5.41) is 4.45. The van der Waals surface area contributed by atoms with Crippen molar-refractivity contribution in [2.45, 2.75) is 57.9 Å². The number of fused-ring (bicyclic) bond motifs is 2. The second kappa shape index (κ2) is 10.4. The third kappa shape index (κ3) is 5.37. The van der Waals surface area contributed by atoms with Crippen LogP contribution in [0.5, 0.6) is 0 Å². The van der Waals surface area contributed by atoms with Gasteiger partial charge in [0.05, 0.1) is 18.0 Å². The highest BCUT2D eigenvalue weighted by Crippen LogP contribution is 2.41. The number of esters is 1. The minimum Gasteiger partial charge on any atom is -0.469 e. The smallest absolute Gasteiger partial charge is 0.305 e. The van der Waals surface area contributed by atoms with Crippen molar-refractivity contribution in [2.24, 2.45) is 0 Å². The van der Waals surface area contributed by atoms with Crippen LogP contribution in [-0.4, -0.2) is 35.4 Å². The fourth-order valence-electron chi connectivity index (χ4n) is 3.97. The normalized spacial score (nSPS) is 13.3. The fraction of sp³-hybridized carbons (Fsp3) is 0.478. The van der Waals surface area contributed by atoms with Crippen molar-refractivity contribution < 1.29 is 15.8 Å². The molecule has 31 heavy (non-hydrogen) atoms. The molecule has 6 nitrogen and oxygen atoms in total. The number of unbranched alkanes of at least 4 members (excludes halogenated alkanes) is 3. The number of pyridine rings is 1. The molecule has 8 heteroatoms. The average molecular weight is 460 g/mol. The number of carbonyl (C=O) groups is 2. The van der Waals surface area contributed by atoms with E-state index in [0.717, 1.165) is 65.3 Å². The minimum absolute atomic E-state index is 0. The Labute approximate surface area is 191 Å². The molecule has 0 bridgehead atoms. The zero-order valence-corrected chi connectivity index (χ0v) is 19.4. The number of ketones is 1. The zero-order valence-electron chi connectivity index (χ0n) is 17.7. The van der Waals surface area contributed by atoms with Crippen LogP contribution in [0.3, 0.4) is 0 Å². The van der Waals surface area contributed by atoms with Gasteiger partial charge in [-0.25, -0.2) is 4.98 Å². The quantitative estimate of drug-likeness (QED) is 0.342. The first kappa shape index (κ1) is 22.0. The highest BCUT2D eigenvalue weighted by Gasteiger charge is 2.25. The average Bonchev–Trinajstić information content (AvgIpc) is 3.36. The third-order valence-electron chi connectivity index (χ3n) is 5.58. The Balaban J connectivity index is 0.00000289. The van der Waals surface area contributed by atoms with Gasteiger partial charge in [0, 0.05) is 48.7 Å². The summed E-state index contributed by atoms with van der Waals surface area (Å²) in [5.74, 6) is 0.119. The lowest BCUT2D eigenvalue weighted by Crippen LogP contribution is -2.22. The third-order valence-corrected chi connectivity index (χ3v) is 7.86. The van der Waals surface area contributed by atoms with Gasteiger partial charge < -0.3 is 10.1 Å². The molecule has 1 aliphatic rings. The van der Waals surface area contributed by atoms with Crippen molar-refractivity contribution in [3.63, 3.8) is 0 Å². The van der Waals surface area contributed by atoms with Crippen molar-refractivity contribution in [1.82, 2.24) is 15.3 Å². The van der Waals surface area contributed by atoms with Crippen LogP contribution in [-0.2, 0) is 33.7 Å². The Morgan fingerprint density at radius 3 is 2.84 bits per heavy atom. The summed E-state index contributed by atoms with van der Waals surface area (Å²) < 4.78 is 5.79. The lowest BCUT2D eigenvalue weighted by molar-refractivity contribution is -0.140. The second-order valence-corrected chi connectivity index (χ2v) is 10.0. The lowest BCUT2D eigenvalue weighted by atomic mass is 10.00. The van der Waals surface area contributed by atoms with Gasteiger partial charge in [0.2, 0.25) is 0 Å². The molecule has 1 N–H and O–H groups in total. The van der Waals surface area contributed by atoms with Crippen molar-refractivity contribution in [1.29, 1.82) is 0 Å². The van der Waals surface area contributed by atoms with E-state index in [4.69, 9.17) is 4.98 Å². The largest absolute Gasteiger partial charge is 0.469 e. The number of hydrogen-bond acceptors (Lipinski definition) is 8. The first-order valence-electron chi connectivity index (χ1n) is 10.8. The summed E-state index contributed by atoms with van der Waals surface area (Å²) in [6, 6.07) is 2.00. The van der Waals surface area contributed by atoms with Gasteiger partial charge in [-0.3, -0.25) is 14.6 Å². The number of ether oxygens (including phenoxy) is 1. The predicted molar refractivity (Wildman–Crippen MR) is 127 cm³/mol. The lowest BCUT2D eigenvalue weighted by Gasteiger charge is -2.13. The van der Waals surface area contributed by atoms with Gasteiger partial charge in [-0.1, -0.05) is 12.8 Å². The molecule has 0 spiro atoms. The standard InChI is InChI=1S/C23H27N3O3S2.H2/c1-29-21(28)7-5-3-2-4-6-15(27)12-19-22(16-8-10-25-14-20(16)30-19)23-26-17-13-24-11-9-18(17)31-23;/h9,11,13,25H,2-8,10,12,14H2,1H3;1H. The van der Waals surface area contributed by atoms with Gasteiger partial charge >= 0.3 is 5.97 Å². The van der Waals surface area contributed by atoms with Crippen LogP contribution in [0.25, 0.3) is 20.8 Å². The van der Waals surface area contributed by atoms with E-state index in [1.165, 1.54) is 23.1 Å². The van der Waals surface area contributed by atoms with Crippen molar-refractivity contribution in [3.8, 4) is 10.6 Å². The van der Waals surface area contributed by atoms with E-state index in [1.54, 1.807) is 35.1 Å². The van der Waals surface area contributed by atoms with Crippen molar-refractivity contribution in [2.75, 3.05) is 13.7 Å².